The van der Waals surface area contributed by atoms with Gasteiger partial charge in [0.2, 0.25) is 0 Å². The van der Waals surface area contributed by atoms with Gasteiger partial charge in [0.1, 0.15) is 6.61 Å². The molecule has 0 aliphatic heterocycles. The Hall–Kier alpha value is -1.72. The molecule has 0 radical (unpaired) electrons. The van der Waals surface area contributed by atoms with Crippen LogP contribution in [0.5, 0.6) is 0 Å². The van der Waals surface area contributed by atoms with Crippen LogP contribution in [0, 0.1) is 0 Å². The highest BCUT2D eigenvalue weighted by Gasteiger charge is 2.19. The molecule has 2 atom stereocenters. The van der Waals surface area contributed by atoms with E-state index in [1.807, 2.05) is 30.3 Å². The normalized spacial score (nSPS) is 13.6. The summed E-state index contributed by atoms with van der Waals surface area (Å²) < 4.78 is 5.02. The zero-order valence-electron chi connectivity index (χ0n) is 10.9. The molecule has 19 heavy (non-hydrogen) atoms. The Balaban J connectivity index is 2.27. The lowest BCUT2D eigenvalue weighted by molar-refractivity contribution is -0.146. The van der Waals surface area contributed by atoms with E-state index in [-0.39, 0.29) is 25.2 Å². The van der Waals surface area contributed by atoms with Crippen molar-refractivity contribution < 1.29 is 19.4 Å². The number of aliphatic hydroxyl groups is 1. The van der Waals surface area contributed by atoms with Crippen molar-refractivity contribution in [3.8, 4) is 0 Å². The summed E-state index contributed by atoms with van der Waals surface area (Å²) in [7, 11) is 0. The first-order valence-electron chi connectivity index (χ1n) is 6.16. The number of Topliss-reactive ketones (excluding diaryl/α,β-unsaturated/α-hetero) is 1. The van der Waals surface area contributed by atoms with Crippen molar-refractivity contribution in [1.29, 1.82) is 0 Å². The summed E-state index contributed by atoms with van der Waals surface area (Å²) in [6, 6.07) is 8.34. The van der Waals surface area contributed by atoms with E-state index in [9.17, 15) is 9.59 Å². The molecule has 3 N–H and O–H groups in total. The molecule has 0 unspecified atom stereocenters. The molecule has 0 aromatic heterocycles. The largest absolute Gasteiger partial charge is 0.461 e. The molecule has 0 saturated carbocycles. The summed E-state index contributed by atoms with van der Waals surface area (Å²) in [5.41, 5.74) is 6.35. The number of nitrogens with two attached hydrogens (primary N) is 1. The van der Waals surface area contributed by atoms with E-state index < -0.39 is 18.1 Å². The van der Waals surface area contributed by atoms with Gasteiger partial charge in [0.25, 0.3) is 0 Å². The van der Waals surface area contributed by atoms with Gasteiger partial charge in [-0.15, -0.1) is 0 Å². The summed E-state index contributed by atoms with van der Waals surface area (Å²) in [5, 5.41) is 9.15. The van der Waals surface area contributed by atoms with Gasteiger partial charge in [0.05, 0.1) is 18.6 Å². The van der Waals surface area contributed by atoms with Gasteiger partial charge in [-0.3, -0.25) is 9.59 Å². The van der Waals surface area contributed by atoms with Crippen molar-refractivity contribution in [1.82, 2.24) is 0 Å². The fourth-order valence-electron chi connectivity index (χ4n) is 1.47. The molecule has 0 saturated heterocycles. The lowest BCUT2D eigenvalue weighted by Crippen LogP contribution is -2.40. The number of carbonyl (C=O) groups excluding carboxylic acids is 2. The minimum atomic E-state index is -0.943. The topological polar surface area (TPSA) is 89.6 Å². The molecule has 0 bridgehead atoms. The van der Waals surface area contributed by atoms with Gasteiger partial charge in [-0.25, -0.2) is 0 Å². The standard InChI is InChI=1S/C14H19NO4/c1-10(16)14(15)12(17)7-8-13(18)19-9-11-5-3-2-4-6-11/h2-6,10,14,16H,7-9,15H2,1H3/t10-,14+/m0/s1. The van der Waals surface area contributed by atoms with E-state index >= 15 is 0 Å². The van der Waals surface area contributed by atoms with Gasteiger partial charge in [-0.2, -0.15) is 0 Å². The smallest absolute Gasteiger partial charge is 0.306 e. The molecule has 0 spiro atoms. The lowest BCUT2D eigenvalue weighted by Gasteiger charge is -2.12. The van der Waals surface area contributed by atoms with Crippen molar-refractivity contribution in [2.75, 3.05) is 0 Å². The number of carbonyl (C=O) groups is 2. The molecule has 0 aliphatic rings. The SMILES string of the molecule is C[C@H](O)[C@@H](N)C(=O)CCC(=O)OCc1ccccc1. The second-order valence-corrected chi connectivity index (χ2v) is 4.38. The number of hydrogen-bond donors (Lipinski definition) is 2. The Labute approximate surface area is 112 Å². The van der Waals surface area contributed by atoms with Crippen molar-refractivity contribution in [3.05, 3.63) is 35.9 Å². The second-order valence-electron chi connectivity index (χ2n) is 4.38. The van der Waals surface area contributed by atoms with Crippen LogP contribution in [0.4, 0.5) is 0 Å². The first-order valence-corrected chi connectivity index (χ1v) is 6.16. The van der Waals surface area contributed by atoms with Gasteiger partial charge in [0, 0.05) is 6.42 Å². The van der Waals surface area contributed by atoms with Crippen LogP contribution in [0.15, 0.2) is 30.3 Å². The van der Waals surface area contributed by atoms with Crippen LogP contribution in [0.3, 0.4) is 0 Å². The Morgan fingerprint density at radius 1 is 1.26 bits per heavy atom. The minimum Gasteiger partial charge on any atom is -0.461 e. The minimum absolute atomic E-state index is 0.0142. The number of esters is 1. The van der Waals surface area contributed by atoms with Crippen molar-refractivity contribution in [2.24, 2.45) is 5.73 Å². The highest BCUT2D eigenvalue weighted by molar-refractivity contribution is 5.87. The number of rotatable bonds is 7. The molecule has 0 aliphatic carbocycles. The molecule has 5 heteroatoms. The highest BCUT2D eigenvalue weighted by atomic mass is 16.5. The maximum absolute atomic E-state index is 11.5. The summed E-state index contributed by atoms with van der Waals surface area (Å²) in [6.45, 7) is 1.63. The first-order chi connectivity index (χ1) is 9.00. The Morgan fingerprint density at radius 2 is 1.89 bits per heavy atom. The molecule has 0 amide bonds. The Morgan fingerprint density at radius 3 is 2.47 bits per heavy atom. The zero-order valence-corrected chi connectivity index (χ0v) is 10.9. The molecule has 0 fully saturated rings. The Kier molecular flexibility index (Phi) is 6.18. The molecule has 0 heterocycles. The third kappa shape index (κ3) is 5.63. The molecular formula is C14H19NO4. The summed E-state index contributed by atoms with van der Waals surface area (Å²) in [5.74, 6) is -0.790. The van der Waals surface area contributed by atoms with Crippen molar-refractivity contribution in [2.45, 2.75) is 38.5 Å². The molecule has 5 nitrogen and oxygen atoms in total. The van der Waals surface area contributed by atoms with Crippen molar-refractivity contribution >= 4 is 11.8 Å². The van der Waals surface area contributed by atoms with E-state index in [1.165, 1.54) is 6.92 Å². The van der Waals surface area contributed by atoms with Crippen LogP contribution < -0.4 is 5.73 Å². The van der Waals surface area contributed by atoms with Crippen LogP contribution in [0.1, 0.15) is 25.3 Å². The third-order valence-corrected chi connectivity index (χ3v) is 2.71. The van der Waals surface area contributed by atoms with Gasteiger partial charge in [-0.1, -0.05) is 30.3 Å². The number of aliphatic hydroxyl groups excluding tert-OH is 1. The van der Waals surface area contributed by atoms with E-state index in [1.54, 1.807) is 0 Å². The lowest BCUT2D eigenvalue weighted by atomic mass is 10.0. The number of benzene rings is 1. The predicted molar refractivity (Wildman–Crippen MR) is 70.1 cm³/mol. The summed E-state index contributed by atoms with van der Waals surface area (Å²) in [6.07, 6.45) is -0.945. The molecule has 104 valence electrons. The average molecular weight is 265 g/mol. The average Bonchev–Trinajstić information content (AvgIpc) is 2.42. The number of ether oxygens (including phenoxy) is 1. The monoisotopic (exact) mass is 265 g/mol. The molecule has 1 aromatic rings. The quantitative estimate of drug-likeness (QED) is 0.711. The maximum atomic E-state index is 11.5. The fourth-order valence-corrected chi connectivity index (χ4v) is 1.47. The second kappa shape index (κ2) is 7.66. The third-order valence-electron chi connectivity index (χ3n) is 2.71. The van der Waals surface area contributed by atoms with Crippen LogP contribution in [0.2, 0.25) is 0 Å². The predicted octanol–water partition coefficient (Wildman–Crippen LogP) is 0.787. The van der Waals surface area contributed by atoms with Crippen LogP contribution in [-0.4, -0.2) is 29.0 Å². The molecule has 1 rings (SSSR count). The summed E-state index contributed by atoms with van der Waals surface area (Å²) >= 11 is 0. The zero-order chi connectivity index (χ0) is 14.3. The van der Waals surface area contributed by atoms with Gasteiger partial charge < -0.3 is 15.6 Å². The van der Waals surface area contributed by atoms with Crippen LogP contribution >= 0.6 is 0 Å². The maximum Gasteiger partial charge on any atom is 0.306 e. The van der Waals surface area contributed by atoms with Crippen molar-refractivity contribution in [3.63, 3.8) is 0 Å². The van der Waals surface area contributed by atoms with Crippen LogP contribution in [-0.2, 0) is 20.9 Å². The fraction of sp³-hybridized carbons (Fsp3) is 0.429. The molecular weight excluding hydrogens is 246 g/mol. The van der Waals surface area contributed by atoms with E-state index in [0.29, 0.717) is 0 Å². The van der Waals surface area contributed by atoms with E-state index in [0.717, 1.165) is 5.56 Å². The van der Waals surface area contributed by atoms with Gasteiger partial charge in [0.15, 0.2) is 5.78 Å². The number of hydrogen-bond acceptors (Lipinski definition) is 5. The molecule has 1 aromatic carbocycles. The van der Waals surface area contributed by atoms with E-state index in [4.69, 9.17) is 15.6 Å². The van der Waals surface area contributed by atoms with Crippen LogP contribution in [0.25, 0.3) is 0 Å². The van der Waals surface area contributed by atoms with Gasteiger partial charge >= 0.3 is 5.97 Å². The van der Waals surface area contributed by atoms with E-state index in [2.05, 4.69) is 0 Å². The number of ketones is 1. The highest BCUT2D eigenvalue weighted by Crippen LogP contribution is 2.04. The summed E-state index contributed by atoms with van der Waals surface area (Å²) in [4.78, 5) is 22.9. The van der Waals surface area contributed by atoms with Gasteiger partial charge in [-0.05, 0) is 12.5 Å². The first kappa shape index (κ1) is 15.3. The Bertz CT molecular complexity index is 417.